The van der Waals surface area contributed by atoms with Crippen molar-refractivity contribution in [3.8, 4) is 0 Å². The molecule has 1 aliphatic carbocycles. The highest BCUT2D eigenvalue weighted by Gasteiger charge is 2.47. The minimum atomic E-state index is -2.54. The Labute approximate surface area is 76.3 Å². The van der Waals surface area contributed by atoms with Gasteiger partial charge in [-0.05, 0) is 12.8 Å². The molecule has 0 aromatic carbocycles. The molecule has 0 bridgehead atoms. The second-order valence-corrected chi connectivity index (χ2v) is 4.31. The van der Waals surface area contributed by atoms with Gasteiger partial charge in [-0.1, -0.05) is 0 Å². The van der Waals surface area contributed by atoms with Crippen LogP contribution in [0.25, 0.3) is 0 Å². The average molecular weight is 191 g/mol. The lowest BCUT2D eigenvalue weighted by Gasteiger charge is -2.45. The molecule has 0 atom stereocenters. The van der Waals surface area contributed by atoms with Gasteiger partial charge in [0.2, 0.25) is 5.92 Å². The summed E-state index contributed by atoms with van der Waals surface area (Å²) in [5, 5.41) is 13.1. The van der Waals surface area contributed by atoms with Crippen molar-refractivity contribution in [1.82, 2.24) is 5.32 Å². The molecule has 2 N–H and O–H groups in total. The molecule has 1 aliphatic heterocycles. The second kappa shape index (κ2) is 2.89. The van der Waals surface area contributed by atoms with E-state index in [1.54, 1.807) is 0 Å². The fourth-order valence-electron chi connectivity index (χ4n) is 2.13. The molecule has 2 aliphatic rings. The Balaban J connectivity index is 1.95. The smallest absolute Gasteiger partial charge is 0.248 e. The number of nitrogens with one attached hydrogen (secondary N) is 1. The van der Waals surface area contributed by atoms with E-state index in [0.29, 0.717) is 0 Å². The zero-order chi connectivity index (χ0) is 9.53. The summed E-state index contributed by atoms with van der Waals surface area (Å²) in [5.74, 6) is -2.34. The highest BCUT2D eigenvalue weighted by molar-refractivity contribution is 4.98. The lowest BCUT2D eigenvalue weighted by molar-refractivity contribution is -0.134. The summed E-state index contributed by atoms with van der Waals surface area (Å²) in [5.41, 5.74) is -0.813. The minimum Gasteiger partial charge on any atom is -0.389 e. The lowest BCUT2D eigenvalue weighted by Crippen LogP contribution is -2.57. The van der Waals surface area contributed by atoms with Crippen LogP contribution >= 0.6 is 0 Å². The van der Waals surface area contributed by atoms with Crippen molar-refractivity contribution in [2.24, 2.45) is 5.92 Å². The summed E-state index contributed by atoms with van der Waals surface area (Å²) < 4.78 is 25.6. The fraction of sp³-hybridized carbons (Fsp3) is 1.00. The number of aliphatic hydroxyl groups is 1. The van der Waals surface area contributed by atoms with Gasteiger partial charge in [-0.25, -0.2) is 8.78 Å². The summed E-state index contributed by atoms with van der Waals surface area (Å²) in [4.78, 5) is 0. The van der Waals surface area contributed by atoms with Gasteiger partial charge in [0.05, 0.1) is 5.60 Å². The first-order valence-electron chi connectivity index (χ1n) is 4.83. The van der Waals surface area contributed by atoms with E-state index in [0.717, 1.165) is 13.1 Å². The molecule has 1 heterocycles. The van der Waals surface area contributed by atoms with Gasteiger partial charge in [-0.15, -0.1) is 0 Å². The fourth-order valence-corrected chi connectivity index (χ4v) is 2.13. The summed E-state index contributed by atoms with van der Waals surface area (Å²) in [6.45, 7) is 1.56. The van der Waals surface area contributed by atoms with Crippen LogP contribution in [0.5, 0.6) is 0 Å². The monoisotopic (exact) mass is 191 g/mol. The van der Waals surface area contributed by atoms with Crippen molar-refractivity contribution < 1.29 is 13.9 Å². The standard InChI is InChI=1S/C9H15F2NO/c10-9(11)3-1-8(13,2-4-9)7-5-12-6-7/h7,12-13H,1-6H2. The third-order valence-electron chi connectivity index (χ3n) is 3.39. The molecule has 76 valence electrons. The molecule has 0 radical (unpaired) electrons. The van der Waals surface area contributed by atoms with Crippen molar-refractivity contribution >= 4 is 0 Å². The van der Waals surface area contributed by atoms with E-state index in [-0.39, 0.29) is 31.6 Å². The molecule has 13 heavy (non-hydrogen) atoms. The van der Waals surface area contributed by atoms with Gasteiger partial charge in [0.15, 0.2) is 0 Å². The van der Waals surface area contributed by atoms with Crippen LogP contribution in [0.3, 0.4) is 0 Å². The maximum Gasteiger partial charge on any atom is 0.248 e. The zero-order valence-corrected chi connectivity index (χ0v) is 7.52. The molecule has 0 amide bonds. The van der Waals surface area contributed by atoms with E-state index in [2.05, 4.69) is 5.32 Å². The van der Waals surface area contributed by atoms with Gasteiger partial charge in [0.25, 0.3) is 0 Å². The molecular formula is C9H15F2NO. The predicted octanol–water partition coefficient (Wildman–Crippen LogP) is 1.15. The highest BCUT2D eigenvalue weighted by atomic mass is 19.3. The van der Waals surface area contributed by atoms with Gasteiger partial charge < -0.3 is 10.4 Å². The first-order chi connectivity index (χ1) is 6.02. The first kappa shape index (κ1) is 9.34. The molecule has 1 saturated heterocycles. The van der Waals surface area contributed by atoms with E-state index >= 15 is 0 Å². The largest absolute Gasteiger partial charge is 0.389 e. The Morgan fingerprint density at radius 3 is 2.00 bits per heavy atom. The predicted molar refractivity (Wildman–Crippen MR) is 44.7 cm³/mol. The van der Waals surface area contributed by atoms with Crippen LogP contribution in [0, 0.1) is 5.92 Å². The van der Waals surface area contributed by atoms with E-state index in [4.69, 9.17) is 0 Å². The normalized spacial score (nSPS) is 32.5. The number of rotatable bonds is 1. The Hall–Kier alpha value is -0.220. The molecule has 1 saturated carbocycles. The van der Waals surface area contributed by atoms with Crippen LogP contribution in [-0.4, -0.2) is 29.7 Å². The summed E-state index contributed by atoms with van der Waals surface area (Å²) in [7, 11) is 0. The van der Waals surface area contributed by atoms with E-state index in [1.807, 2.05) is 0 Å². The second-order valence-electron chi connectivity index (χ2n) is 4.31. The molecule has 2 nitrogen and oxygen atoms in total. The third-order valence-corrected chi connectivity index (χ3v) is 3.39. The van der Waals surface area contributed by atoms with Crippen LogP contribution in [-0.2, 0) is 0 Å². The van der Waals surface area contributed by atoms with Gasteiger partial charge in [-0.2, -0.15) is 0 Å². The molecule has 2 rings (SSSR count). The van der Waals surface area contributed by atoms with Crippen molar-refractivity contribution in [2.45, 2.75) is 37.2 Å². The van der Waals surface area contributed by atoms with E-state index < -0.39 is 11.5 Å². The average Bonchev–Trinajstić information content (AvgIpc) is 1.93. The van der Waals surface area contributed by atoms with Crippen LogP contribution in [0.15, 0.2) is 0 Å². The Kier molecular flexibility index (Phi) is 2.07. The van der Waals surface area contributed by atoms with Crippen LogP contribution in [0.1, 0.15) is 25.7 Å². The highest BCUT2D eigenvalue weighted by Crippen LogP contribution is 2.42. The summed E-state index contributed by atoms with van der Waals surface area (Å²) in [6.07, 6.45) is 0.207. The Morgan fingerprint density at radius 2 is 1.62 bits per heavy atom. The lowest BCUT2D eigenvalue weighted by atomic mass is 9.72. The van der Waals surface area contributed by atoms with Gasteiger partial charge in [-0.3, -0.25) is 0 Å². The Morgan fingerprint density at radius 1 is 1.08 bits per heavy atom. The quantitative estimate of drug-likeness (QED) is 0.651. The number of hydrogen-bond donors (Lipinski definition) is 2. The number of hydrogen-bond acceptors (Lipinski definition) is 2. The van der Waals surface area contributed by atoms with Crippen LogP contribution < -0.4 is 5.32 Å². The van der Waals surface area contributed by atoms with E-state index in [1.165, 1.54) is 0 Å². The van der Waals surface area contributed by atoms with Crippen molar-refractivity contribution in [3.05, 3.63) is 0 Å². The van der Waals surface area contributed by atoms with Crippen molar-refractivity contribution in [3.63, 3.8) is 0 Å². The third kappa shape index (κ3) is 1.70. The minimum absolute atomic E-state index is 0.153. The van der Waals surface area contributed by atoms with Gasteiger partial charge in [0, 0.05) is 31.8 Å². The van der Waals surface area contributed by atoms with Crippen LogP contribution in [0.2, 0.25) is 0 Å². The van der Waals surface area contributed by atoms with Crippen molar-refractivity contribution in [1.29, 1.82) is 0 Å². The maximum absolute atomic E-state index is 12.8. The van der Waals surface area contributed by atoms with Crippen molar-refractivity contribution in [2.75, 3.05) is 13.1 Å². The van der Waals surface area contributed by atoms with Gasteiger partial charge >= 0.3 is 0 Å². The molecular weight excluding hydrogens is 176 g/mol. The molecule has 0 aromatic rings. The molecule has 2 fully saturated rings. The van der Waals surface area contributed by atoms with Crippen LogP contribution in [0.4, 0.5) is 8.78 Å². The topological polar surface area (TPSA) is 32.3 Å². The number of halogens is 2. The molecule has 0 aromatic heterocycles. The molecule has 4 heteroatoms. The maximum atomic E-state index is 12.8. The first-order valence-corrected chi connectivity index (χ1v) is 4.83. The SMILES string of the molecule is OC1(C2CNC2)CCC(F)(F)CC1. The van der Waals surface area contributed by atoms with Gasteiger partial charge in [0.1, 0.15) is 0 Å². The summed E-state index contributed by atoms with van der Waals surface area (Å²) in [6, 6.07) is 0. The Bertz CT molecular complexity index is 194. The van der Waals surface area contributed by atoms with E-state index in [9.17, 15) is 13.9 Å². The summed E-state index contributed by atoms with van der Waals surface area (Å²) >= 11 is 0. The zero-order valence-electron chi connectivity index (χ0n) is 7.52. The molecule has 0 unspecified atom stereocenters. The molecule has 0 spiro atoms. The number of alkyl halides is 2.